The number of nitrogens with zero attached hydrogens (tertiary/aromatic N) is 20. The van der Waals surface area contributed by atoms with Gasteiger partial charge in [-0.05, 0) is 214 Å². The summed E-state index contributed by atoms with van der Waals surface area (Å²) in [6, 6.07) is 32.7. The zero-order chi connectivity index (χ0) is 87.9. The maximum Gasteiger partial charge on any atom is 0.318 e. The number of H-pyrrole nitrogens is 1. The first-order valence-electron chi connectivity index (χ1n) is 45.9. The van der Waals surface area contributed by atoms with E-state index in [1.807, 2.05) is 11.1 Å². The Bertz CT molecular complexity index is 5740. The molecule has 0 spiro atoms. The number of ether oxygens (including phenoxy) is 3. The van der Waals surface area contributed by atoms with E-state index in [-0.39, 0.29) is 56.4 Å². The minimum absolute atomic E-state index is 0. The lowest BCUT2D eigenvalue weighted by atomic mass is 9.99. The number of rotatable bonds is 21. The molecule has 28 heteroatoms. The second-order valence-electron chi connectivity index (χ2n) is 36.0. The highest BCUT2D eigenvalue weighted by Gasteiger charge is 2.41. The minimum atomic E-state index is -0.250. The first-order valence-corrected chi connectivity index (χ1v) is 45.9. The van der Waals surface area contributed by atoms with Crippen LogP contribution in [0, 0.1) is 58.6 Å². The number of aryl methyl sites for hydroxylation is 3. The van der Waals surface area contributed by atoms with Gasteiger partial charge in [-0.3, -0.25) is 19.3 Å². The highest BCUT2D eigenvalue weighted by atomic mass is 32.1. The summed E-state index contributed by atoms with van der Waals surface area (Å²) in [5.41, 5.74) is 16.5. The topological polar surface area (TPSA) is 220 Å². The molecule has 9 aliphatic heterocycles. The largest absolute Gasteiger partial charge is 0.463 e. The van der Waals surface area contributed by atoms with Crippen LogP contribution in [0.3, 0.4) is 0 Å². The fourth-order valence-electron chi connectivity index (χ4n) is 21.3. The highest BCUT2D eigenvalue weighted by Crippen LogP contribution is 2.43. The van der Waals surface area contributed by atoms with E-state index < -0.39 is 0 Å². The van der Waals surface area contributed by atoms with Gasteiger partial charge in [-0.2, -0.15) is 43.4 Å². The molecule has 0 unspecified atom stereocenters. The molecule has 2 bridgehead atoms. The number of aromatic amines is 1. The Hall–Kier alpha value is -11.7. The van der Waals surface area contributed by atoms with Crippen molar-refractivity contribution in [2.24, 2.45) is 5.92 Å². The van der Waals surface area contributed by atoms with Crippen molar-refractivity contribution < 1.29 is 28.6 Å². The first-order chi connectivity index (χ1) is 61.9. The van der Waals surface area contributed by atoms with Crippen LogP contribution in [0.25, 0.3) is 42.1 Å². The second-order valence-corrected chi connectivity index (χ2v) is 36.0. The molecule has 4 aromatic heterocycles. The molecule has 0 radical (unpaired) electrons. The molecule has 1 aliphatic carbocycles. The summed E-state index contributed by atoms with van der Waals surface area (Å²) in [7, 11) is 4.30. The lowest BCUT2D eigenvalue weighted by Gasteiger charge is -2.41. The number of carbonyl (C=O) groups excluding carboxylic acids is 3. The fourth-order valence-corrected chi connectivity index (χ4v) is 21.3. The number of hydrogen-bond acceptors (Lipinski definition) is 21. The van der Waals surface area contributed by atoms with Gasteiger partial charge in [-0.1, -0.05) is 79.7 Å². The number of hydrogen-bond donors (Lipinski definition) is 1. The molecular formula is C100H123N21O6S. The van der Waals surface area contributed by atoms with Crippen LogP contribution in [-0.4, -0.2) is 270 Å². The summed E-state index contributed by atoms with van der Waals surface area (Å²) in [6.07, 6.45) is 16.9. The summed E-state index contributed by atoms with van der Waals surface area (Å²) in [5, 5.41) is 6.30. The number of carbonyl (C=O) groups is 3. The van der Waals surface area contributed by atoms with Crippen LogP contribution in [0.15, 0.2) is 116 Å². The van der Waals surface area contributed by atoms with Crippen LogP contribution in [0.5, 0.6) is 18.0 Å². The van der Waals surface area contributed by atoms with E-state index >= 15 is 0 Å². The van der Waals surface area contributed by atoms with Gasteiger partial charge in [0.15, 0.2) is 0 Å². The predicted molar refractivity (Wildman–Crippen MR) is 512 cm³/mol. The van der Waals surface area contributed by atoms with Gasteiger partial charge in [0.05, 0.1) is 43.3 Å². The molecule has 128 heavy (non-hydrogen) atoms. The van der Waals surface area contributed by atoms with Crippen LogP contribution >= 0.6 is 13.5 Å². The number of benzene rings is 5. The van der Waals surface area contributed by atoms with E-state index in [1.54, 1.807) is 16.7 Å². The van der Waals surface area contributed by atoms with Gasteiger partial charge >= 0.3 is 18.0 Å². The Morgan fingerprint density at radius 3 is 1.54 bits per heavy atom. The quantitative estimate of drug-likeness (QED) is 0.0306. The second kappa shape index (κ2) is 40.3. The Morgan fingerprint density at radius 1 is 0.539 bits per heavy atom. The maximum absolute atomic E-state index is 12.7. The Morgan fingerprint density at radius 2 is 1.04 bits per heavy atom. The summed E-state index contributed by atoms with van der Waals surface area (Å²) in [6.45, 7) is 50.3. The highest BCUT2D eigenvalue weighted by molar-refractivity contribution is 7.59. The lowest BCUT2D eigenvalue weighted by molar-refractivity contribution is -0.128. The number of likely N-dealkylation sites (N-methyl/N-ethyl adjacent to an activating group) is 2. The summed E-state index contributed by atoms with van der Waals surface area (Å²) in [5.74, 6) is 8.65. The van der Waals surface area contributed by atoms with Gasteiger partial charge < -0.3 is 82.8 Å². The molecule has 6 saturated heterocycles. The molecule has 13 heterocycles. The molecule has 1 N–H and O–H groups in total. The number of nitrogens with one attached hydrogen (secondary N) is 1. The molecule has 9 aromatic rings. The van der Waals surface area contributed by atoms with Gasteiger partial charge in [0.1, 0.15) is 42.8 Å². The third-order valence-corrected chi connectivity index (χ3v) is 28.3. The number of anilines is 6. The fraction of sp³-hybridized carbons (Fsp3) is 0.490. The first kappa shape index (κ1) is 89.6. The van der Waals surface area contributed by atoms with Gasteiger partial charge in [-0.15, -0.1) is 0 Å². The van der Waals surface area contributed by atoms with Crippen molar-refractivity contribution >= 4 is 98.2 Å². The molecular weight excluding hydrogens is 1620 g/mol. The van der Waals surface area contributed by atoms with Crippen LogP contribution < -0.4 is 43.6 Å². The zero-order valence-electron chi connectivity index (χ0n) is 75.5. The molecule has 27 nitrogen and oxygen atoms in total. The molecule has 5 aromatic carbocycles. The summed E-state index contributed by atoms with van der Waals surface area (Å²) < 4.78 is 18.9. The third-order valence-electron chi connectivity index (χ3n) is 28.3. The maximum atomic E-state index is 12.7. The average molecular weight is 1750 g/mol. The molecule has 10 aliphatic rings. The standard InChI is InChI=1S/C36H43N7O2.C34H39N7O2.C30H39N7O2.H2S/c1-4-33(44)43-18-17-42(23-29(43)21-37-3)35-30-14-16-41(32-11-6-10-27-9-5-8-25(2)34(27)32)24-31(30)38-36(39-35)45-19-7-15-40-22-26-12-13-28(40)20-26;1-5-9-31(42)41-19-18-40(21-27(41)20-35-3)33-28-15-17-39(30-14-7-12-25-11-6-10-24(2)32(25)30)22-29(28)36-34(37-33)43-23-26-13-8-16-38(26)4;1-5-27(38)35-13-15-36(16-14-35)29-24-9-12-37(28-21(3)20(2)17-25-23(28)8-10-31-25)18-26(24)32-30(33-29)39-19-22-7-6-11-34(22)4;/h4-6,8-11,26,28-29H,1,7,12-24H2,2H3;6-7,10-12,14,26-27H,8,13,15-23H2,1-2,4H3;5,8,10,17,22,31H,1,6-7,9,11-16,18-19H2,2-4H3;1H2/t26-,28+,29-;26-,27-;22-;/m000./s1. The molecule has 1 saturated carbocycles. The number of amides is 3. The third kappa shape index (κ3) is 19.2. The monoisotopic (exact) mass is 1750 g/mol. The molecule has 6 atom stereocenters. The van der Waals surface area contributed by atoms with Crippen molar-refractivity contribution in [2.45, 2.75) is 155 Å². The Balaban J connectivity index is 0.000000141. The van der Waals surface area contributed by atoms with Gasteiger partial charge in [-0.25, -0.2) is 13.1 Å². The number of aromatic nitrogens is 7. The van der Waals surface area contributed by atoms with Crippen LogP contribution in [0.2, 0.25) is 0 Å². The van der Waals surface area contributed by atoms with E-state index in [9.17, 15) is 14.4 Å². The molecule has 3 amide bonds. The van der Waals surface area contributed by atoms with E-state index in [2.05, 4.69) is 210 Å². The molecule has 7 fully saturated rings. The number of fused-ring (bicyclic) bond motifs is 8. The van der Waals surface area contributed by atoms with Crippen LogP contribution in [0.4, 0.5) is 34.5 Å². The van der Waals surface area contributed by atoms with Gasteiger partial charge in [0.25, 0.3) is 5.91 Å². The number of likely N-dealkylation sites (tertiary alicyclic amines) is 3. The molecule has 670 valence electrons. The Kier molecular flexibility index (Phi) is 28.2. The van der Waals surface area contributed by atoms with Gasteiger partial charge in [0, 0.05) is 178 Å². The van der Waals surface area contributed by atoms with Crippen LogP contribution in [0.1, 0.15) is 114 Å². The van der Waals surface area contributed by atoms with Crippen molar-refractivity contribution in [3.8, 4) is 29.9 Å². The molecule has 19 rings (SSSR count). The Labute approximate surface area is 760 Å². The van der Waals surface area contributed by atoms with E-state index in [0.717, 1.165) is 149 Å². The summed E-state index contributed by atoms with van der Waals surface area (Å²) in [4.78, 5) is 105. The van der Waals surface area contributed by atoms with E-state index in [1.165, 1.54) is 128 Å². The van der Waals surface area contributed by atoms with Crippen LogP contribution in [-0.2, 0) is 53.3 Å². The van der Waals surface area contributed by atoms with Crippen molar-refractivity contribution in [2.75, 3.05) is 188 Å². The van der Waals surface area contributed by atoms with Crippen molar-refractivity contribution in [3.63, 3.8) is 0 Å². The zero-order valence-corrected chi connectivity index (χ0v) is 76.5. The van der Waals surface area contributed by atoms with Crippen molar-refractivity contribution in [1.82, 2.24) is 64.3 Å². The SMILES string of the molecule is C=CC(=O)N1CCN(c2nc(OC[C@@H]3CCCN3C)nc3c2CCN(c2c(C)c(C)cc4[nH]ccc24)C3)CC1.S.[C-]#[N+]C[C@H]1CN(c2nc(OCCCN3C[C@H]4CC[C@@H]3C4)nc3c2CCN(c2cccc4cccc(C)c24)C3)CCN1C(=O)C=C.[C-]#[N+]C[C@H]1CN(c2nc(OC[C@@H]3CCCN3C)nc3c2CCN(c2cccc4cccc(C)c24)C3)CCN1C(=O)C#CC. The number of piperidine rings is 1. The summed E-state index contributed by atoms with van der Waals surface area (Å²) >= 11 is 0. The number of piperazine rings is 3. The normalized spacial score (nSPS) is 21.0. The smallest absolute Gasteiger partial charge is 0.318 e. The lowest BCUT2D eigenvalue weighted by Crippen LogP contribution is -2.56. The van der Waals surface area contributed by atoms with Gasteiger partial charge in [0.2, 0.25) is 24.9 Å². The average Bonchev–Trinajstić information content (AvgIpc) is 1.53. The minimum Gasteiger partial charge on any atom is -0.463 e. The predicted octanol–water partition coefficient (Wildman–Crippen LogP) is 12.4. The van der Waals surface area contributed by atoms with Crippen molar-refractivity contribution in [3.05, 3.63) is 195 Å². The van der Waals surface area contributed by atoms with Crippen molar-refractivity contribution in [1.29, 1.82) is 0 Å². The van der Waals surface area contributed by atoms with E-state index in [4.69, 9.17) is 57.3 Å². The van der Waals surface area contributed by atoms with E-state index in [0.29, 0.717) is 122 Å².